The van der Waals surface area contributed by atoms with Crippen LogP contribution in [-0.2, 0) is 16.6 Å². The lowest BCUT2D eigenvalue weighted by molar-refractivity contribution is -0.200. The van der Waals surface area contributed by atoms with Gasteiger partial charge in [0, 0.05) is 31.6 Å². The van der Waals surface area contributed by atoms with Crippen LogP contribution >= 0.6 is 0 Å². The molecule has 2 saturated carbocycles. The molecule has 5 aliphatic rings. The Labute approximate surface area is 190 Å². The molecule has 1 saturated heterocycles. The largest absolute Gasteiger partial charge is 0.504 e. The molecule has 6 heteroatoms. The van der Waals surface area contributed by atoms with Crippen LogP contribution in [0.4, 0.5) is 0 Å². The Hall–Kier alpha value is -1.79. The van der Waals surface area contributed by atoms with Crippen molar-refractivity contribution in [3.8, 4) is 11.5 Å². The Morgan fingerprint density at radius 1 is 1.28 bits per heavy atom. The first kappa shape index (κ1) is 20.8. The van der Waals surface area contributed by atoms with Gasteiger partial charge in [0.05, 0.1) is 17.1 Å². The van der Waals surface area contributed by atoms with Crippen molar-refractivity contribution in [1.29, 1.82) is 0 Å². The first-order valence-electron chi connectivity index (χ1n) is 12.6. The molecule has 2 N–H and O–H groups in total. The zero-order valence-corrected chi connectivity index (χ0v) is 19.3. The SMILES string of the molecule is CCCCC(=O)N(C)C1CC[C@@]2(O)[C@H]3Cc4ccc(O)c5c4[C@@]2(CCN3CC2CC2)C1O5. The van der Waals surface area contributed by atoms with Crippen molar-refractivity contribution in [2.45, 2.75) is 93.9 Å². The monoisotopic (exact) mass is 440 g/mol. The van der Waals surface area contributed by atoms with Gasteiger partial charge in [0.15, 0.2) is 11.5 Å². The van der Waals surface area contributed by atoms with Crippen molar-refractivity contribution in [2.75, 3.05) is 20.1 Å². The van der Waals surface area contributed by atoms with Gasteiger partial charge in [0.2, 0.25) is 5.91 Å². The molecule has 1 amide bonds. The van der Waals surface area contributed by atoms with E-state index < -0.39 is 11.0 Å². The van der Waals surface area contributed by atoms with E-state index in [-0.39, 0.29) is 29.8 Å². The number of rotatable bonds is 6. The van der Waals surface area contributed by atoms with Crippen LogP contribution in [0.1, 0.15) is 69.4 Å². The topological polar surface area (TPSA) is 73.2 Å². The van der Waals surface area contributed by atoms with Gasteiger partial charge < -0.3 is 19.8 Å². The summed E-state index contributed by atoms with van der Waals surface area (Å²) >= 11 is 0. The molecule has 2 unspecified atom stereocenters. The van der Waals surface area contributed by atoms with Crippen molar-refractivity contribution < 1.29 is 19.7 Å². The highest BCUT2D eigenvalue weighted by molar-refractivity contribution is 5.76. The van der Waals surface area contributed by atoms with E-state index in [2.05, 4.69) is 11.8 Å². The van der Waals surface area contributed by atoms with E-state index in [4.69, 9.17) is 4.74 Å². The molecule has 2 bridgehead atoms. The normalized spacial score (nSPS) is 37.0. The fourth-order valence-corrected chi connectivity index (χ4v) is 7.54. The van der Waals surface area contributed by atoms with Crippen molar-refractivity contribution in [3.63, 3.8) is 0 Å². The number of aliphatic hydroxyl groups is 1. The van der Waals surface area contributed by atoms with Crippen LogP contribution in [0, 0.1) is 5.92 Å². The number of carbonyl (C=O) groups excluding carboxylic acids is 1. The zero-order chi connectivity index (χ0) is 22.3. The minimum absolute atomic E-state index is 0.0768. The molecule has 1 spiro atoms. The van der Waals surface area contributed by atoms with Gasteiger partial charge in [-0.1, -0.05) is 19.4 Å². The number of likely N-dealkylation sites (N-methyl/N-ethyl adjacent to an activating group) is 1. The number of hydrogen-bond donors (Lipinski definition) is 2. The van der Waals surface area contributed by atoms with Crippen LogP contribution in [0.2, 0.25) is 0 Å². The lowest BCUT2D eigenvalue weighted by atomic mass is 9.48. The molecule has 6 rings (SSSR count). The second kappa shape index (κ2) is 7.10. The summed E-state index contributed by atoms with van der Waals surface area (Å²) in [4.78, 5) is 17.4. The average Bonchev–Trinajstić information content (AvgIpc) is 3.52. The summed E-state index contributed by atoms with van der Waals surface area (Å²) in [5.74, 6) is 1.65. The number of likely N-dealkylation sites (tertiary alicyclic amines) is 1. The minimum Gasteiger partial charge on any atom is -0.504 e. The summed E-state index contributed by atoms with van der Waals surface area (Å²) in [6.45, 7) is 4.12. The molecular weight excluding hydrogens is 404 g/mol. The first-order valence-corrected chi connectivity index (χ1v) is 12.6. The first-order chi connectivity index (χ1) is 15.4. The van der Waals surface area contributed by atoms with E-state index in [1.165, 1.54) is 18.4 Å². The van der Waals surface area contributed by atoms with Gasteiger partial charge in [-0.25, -0.2) is 0 Å². The molecule has 1 aromatic carbocycles. The predicted molar refractivity (Wildman–Crippen MR) is 121 cm³/mol. The summed E-state index contributed by atoms with van der Waals surface area (Å²) in [5, 5.41) is 23.2. The maximum absolute atomic E-state index is 13.0. The highest BCUT2D eigenvalue weighted by atomic mass is 16.5. The standard InChI is InChI=1S/C26H36N2O4/c1-3-4-5-21(30)27(2)18-10-11-26(31)20-14-17-8-9-19(29)23-22(17)25(26,24(18)32-23)12-13-28(20)15-16-6-7-16/h8-9,16,18,20,24,29,31H,3-7,10-15H2,1-2H3/t18?,20-,24?,25+,26-/m1/s1. The zero-order valence-electron chi connectivity index (χ0n) is 19.3. The molecule has 3 aliphatic carbocycles. The number of carbonyl (C=O) groups is 1. The molecule has 3 fully saturated rings. The molecule has 0 radical (unpaired) electrons. The Morgan fingerprint density at radius 3 is 2.84 bits per heavy atom. The minimum atomic E-state index is -0.888. The summed E-state index contributed by atoms with van der Waals surface area (Å²) in [5.41, 5.74) is 0.796. The second-order valence-electron chi connectivity index (χ2n) is 11.0. The lowest BCUT2D eigenvalue weighted by Crippen LogP contribution is -2.78. The van der Waals surface area contributed by atoms with E-state index in [1.807, 2.05) is 18.0 Å². The number of phenolic OH excluding ortho intramolecular Hbond substituents is 1. The summed E-state index contributed by atoms with van der Waals surface area (Å²) in [6, 6.07) is 3.77. The van der Waals surface area contributed by atoms with Gasteiger partial charge in [0.25, 0.3) is 0 Å². The van der Waals surface area contributed by atoms with E-state index in [0.29, 0.717) is 18.6 Å². The molecule has 6 nitrogen and oxygen atoms in total. The molecule has 1 aromatic rings. The predicted octanol–water partition coefficient (Wildman–Crippen LogP) is 2.97. The van der Waals surface area contributed by atoms with Crippen molar-refractivity contribution in [1.82, 2.24) is 9.80 Å². The van der Waals surface area contributed by atoms with E-state index in [0.717, 1.165) is 56.7 Å². The third-order valence-electron chi connectivity index (χ3n) is 9.37. The number of aromatic hydroxyl groups is 1. The van der Waals surface area contributed by atoms with Gasteiger partial charge in [0.1, 0.15) is 6.10 Å². The number of benzene rings is 1. The Kier molecular flexibility index (Phi) is 4.61. The molecule has 174 valence electrons. The summed E-state index contributed by atoms with van der Waals surface area (Å²) in [6.07, 6.45) is 7.75. The molecule has 2 heterocycles. The van der Waals surface area contributed by atoms with Crippen molar-refractivity contribution >= 4 is 5.91 Å². The molecule has 32 heavy (non-hydrogen) atoms. The summed E-state index contributed by atoms with van der Waals surface area (Å²) < 4.78 is 6.57. The fourth-order valence-electron chi connectivity index (χ4n) is 7.54. The highest BCUT2D eigenvalue weighted by Gasteiger charge is 2.73. The molecule has 5 atom stereocenters. The van der Waals surface area contributed by atoms with Crippen molar-refractivity contribution in [3.05, 3.63) is 23.3 Å². The average molecular weight is 441 g/mol. The number of hydrogen-bond acceptors (Lipinski definition) is 5. The number of unbranched alkanes of at least 4 members (excludes halogenated alkanes) is 1. The van der Waals surface area contributed by atoms with E-state index >= 15 is 0 Å². The Morgan fingerprint density at radius 2 is 2.09 bits per heavy atom. The Balaban J connectivity index is 1.43. The number of ether oxygens (including phenoxy) is 1. The van der Waals surface area contributed by atoms with Crippen LogP contribution in [0.25, 0.3) is 0 Å². The van der Waals surface area contributed by atoms with Crippen LogP contribution in [0.3, 0.4) is 0 Å². The van der Waals surface area contributed by atoms with Crippen LogP contribution in [-0.4, -0.2) is 69.8 Å². The van der Waals surface area contributed by atoms with E-state index in [1.54, 1.807) is 6.07 Å². The number of phenols is 1. The quantitative estimate of drug-likeness (QED) is 0.712. The second-order valence-corrected chi connectivity index (χ2v) is 11.0. The third kappa shape index (κ3) is 2.62. The molecule has 0 aromatic heterocycles. The van der Waals surface area contributed by atoms with Gasteiger partial charge in [-0.15, -0.1) is 0 Å². The van der Waals surface area contributed by atoms with Crippen LogP contribution in [0.15, 0.2) is 12.1 Å². The van der Waals surface area contributed by atoms with Gasteiger partial charge in [-0.3, -0.25) is 9.69 Å². The van der Waals surface area contributed by atoms with Crippen LogP contribution < -0.4 is 4.74 Å². The molecular formula is C26H36N2O4. The lowest BCUT2D eigenvalue weighted by Gasteiger charge is -2.64. The number of nitrogens with zero attached hydrogens (tertiary/aromatic N) is 2. The summed E-state index contributed by atoms with van der Waals surface area (Å²) in [7, 11) is 1.90. The van der Waals surface area contributed by atoms with Gasteiger partial charge in [-0.2, -0.15) is 0 Å². The molecule has 2 aliphatic heterocycles. The number of piperidine rings is 1. The maximum atomic E-state index is 13.0. The number of amides is 1. The third-order valence-corrected chi connectivity index (χ3v) is 9.37. The van der Waals surface area contributed by atoms with Crippen molar-refractivity contribution in [2.24, 2.45) is 5.92 Å². The van der Waals surface area contributed by atoms with E-state index in [9.17, 15) is 15.0 Å². The smallest absolute Gasteiger partial charge is 0.222 e. The highest BCUT2D eigenvalue weighted by Crippen LogP contribution is 2.66. The maximum Gasteiger partial charge on any atom is 0.222 e. The Bertz CT molecular complexity index is 946. The fraction of sp³-hybridized carbons (Fsp3) is 0.731. The van der Waals surface area contributed by atoms with Gasteiger partial charge in [-0.05, 0) is 69.0 Å². The van der Waals surface area contributed by atoms with Gasteiger partial charge >= 0.3 is 0 Å². The van der Waals surface area contributed by atoms with Crippen LogP contribution in [0.5, 0.6) is 11.5 Å².